The summed E-state index contributed by atoms with van der Waals surface area (Å²) in [6, 6.07) is 8.76. The molecule has 20 heavy (non-hydrogen) atoms. The minimum absolute atomic E-state index is 0.0466. The van der Waals surface area contributed by atoms with Crippen molar-refractivity contribution in [3.8, 4) is 5.75 Å². The van der Waals surface area contributed by atoms with Crippen molar-refractivity contribution in [3.05, 3.63) is 46.2 Å². The molecule has 4 nitrogen and oxygen atoms in total. The van der Waals surface area contributed by atoms with Gasteiger partial charge in [-0.15, -0.1) is 11.3 Å². The minimum atomic E-state index is -0.457. The molecule has 1 aliphatic rings. The Morgan fingerprint density at radius 2 is 2.25 bits per heavy atom. The van der Waals surface area contributed by atoms with Gasteiger partial charge in [-0.25, -0.2) is 0 Å². The first kappa shape index (κ1) is 12.9. The van der Waals surface area contributed by atoms with Crippen LogP contribution in [0.5, 0.6) is 5.75 Å². The van der Waals surface area contributed by atoms with E-state index in [1.807, 2.05) is 18.4 Å². The fraction of sp³-hybridized carbons (Fsp3) is 0.200. The number of nitrogens with one attached hydrogen (secondary N) is 1. The molecule has 3 rings (SSSR count). The lowest BCUT2D eigenvalue weighted by Gasteiger charge is -2.25. The van der Waals surface area contributed by atoms with Crippen LogP contribution in [-0.2, 0) is 4.79 Å². The molecule has 1 aliphatic heterocycles. The molecular weight excluding hydrogens is 274 g/mol. The van der Waals surface area contributed by atoms with Crippen LogP contribution in [-0.4, -0.2) is 17.8 Å². The van der Waals surface area contributed by atoms with Crippen molar-refractivity contribution in [3.63, 3.8) is 0 Å². The minimum Gasteiger partial charge on any atom is -0.478 e. The van der Waals surface area contributed by atoms with Crippen LogP contribution >= 0.6 is 11.3 Å². The maximum absolute atomic E-state index is 12.3. The van der Waals surface area contributed by atoms with Gasteiger partial charge in [0.05, 0.1) is 10.6 Å². The van der Waals surface area contributed by atoms with Crippen molar-refractivity contribution < 1.29 is 14.3 Å². The average Bonchev–Trinajstić information content (AvgIpc) is 2.99. The van der Waals surface area contributed by atoms with Gasteiger partial charge in [-0.1, -0.05) is 13.0 Å². The third kappa shape index (κ3) is 2.20. The molecule has 0 spiro atoms. The summed E-state index contributed by atoms with van der Waals surface area (Å²) < 4.78 is 5.60. The van der Waals surface area contributed by atoms with E-state index in [0.717, 1.165) is 0 Å². The number of rotatable bonds is 3. The van der Waals surface area contributed by atoms with Crippen LogP contribution in [0.25, 0.3) is 0 Å². The van der Waals surface area contributed by atoms with E-state index in [-0.39, 0.29) is 11.7 Å². The topological polar surface area (TPSA) is 55.4 Å². The number of carbonyl (C=O) groups excluding carboxylic acids is 2. The first-order valence-corrected chi connectivity index (χ1v) is 7.26. The quantitative estimate of drug-likeness (QED) is 0.883. The van der Waals surface area contributed by atoms with E-state index in [0.29, 0.717) is 28.3 Å². The van der Waals surface area contributed by atoms with Crippen molar-refractivity contribution in [2.24, 2.45) is 0 Å². The van der Waals surface area contributed by atoms with Crippen LogP contribution in [0, 0.1) is 0 Å². The van der Waals surface area contributed by atoms with Gasteiger partial charge in [0.1, 0.15) is 5.75 Å². The number of anilines is 1. The van der Waals surface area contributed by atoms with Crippen LogP contribution in [0.3, 0.4) is 0 Å². The first-order chi connectivity index (χ1) is 9.69. The number of hydrogen-bond acceptors (Lipinski definition) is 4. The fourth-order valence-electron chi connectivity index (χ4n) is 2.11. The normalized spacial score (nSPS) is 17.1. The molecule has 1 aromatic heterocycles. The second-order valence-corrected chi connectivity index (χ2v) is 5.47. The Kier molecular flexibility index (Phi) is 3.28. The Balaban J connectivity index is 1.93. The highest BCUT2D eigenvalue weighted by atomic mass is 32.1. The molecule has 0 aliphatic carbocycles. The molecule has 0 fully saturated rings. The summed E-state index contributed by atoms with van der Waals surface area (Å²) in [4.78, 5) is 24.7. The molecule has 1 N–H and O–H groups in total. The Morgan fingerprint density at radius 1 is 1.40 bits per heavy atom. The molecule has 2 heterocycles. The van der Waals surface area contributed by atoms with Crippen LogP contribution in [0.1, 0.15) is 28.6 Å². The molecule has 0 radical (unpaired) electrons. The van der Waals surface area contributed by atoms with E-state index in [9.17, 15) is 9.59 Å². The fourth-order valence-corrected chi connectivity index (χ4v) is 2.80. The number of thiophene rings is 1. The number of benzene rings is 1. The third-order valence-corrected chi connectivity index (χ3v) is 4.05. The van der Waals surface area contributed by atoms with E-state index in [1.54, 1.807) is 24.3 Å². The molecule has 1 atom stereocenters. The van der Waals surface area contributed by atoms with Crippen molar-refractivity contribution in [2.45, 2.75) is 19.4 Å². The highest BCUT2D eigenvalue weighted by molar-refractivity contribution is 7.12. The van der Waals surface area contributed by atoms with Crippen molar-refractivity contribution >= 4 is 28.7 Å². The second-order valence-electron chi connectivity index (χ2n) is 4.52. The summed E-state index contributed by atoms with van der Waals surface area (Å²) in [6.07, 6.45) is 0.155. The number of amides is 1. The number of fused-ring (bicyclic) bond motifs is 1. The highest BCUT2D eigenvalue weighted by Gasteiger charge is 2.26. The van der Waals surface area contributed by atoms with Gasteiger partial charge >= 0.3 is 0 Å². The molecule has 0 bridgehead atoms. The van der Waals surface area contributed by atoms with E-state index >= 15 is 0 Å². The maximum Gasteiger partial charge on any atom is 0.265 e. The monoisotopic (exact) mass is 287 g/mol. The van der Waals surface area contributed by atoms with Crippen LogP contribution < -0.4 is 10.1 Å². The Labute approximate surface area is 120 Å². The predicted octanol–water partition coefficient (Wildman–Crippen LogP) is 3.09. The zero-order valence-corrected chi connectivity index (χ0v) is 11.7. The van der Waals surface area contributed by atoms with E-state index in [1.165, 1.54) is 11.3 Å². The third-order valence-electron chi connectivity index (χ3n) is 3.18. The Bertz CT molecular complexity index is 664. The molecule has 1 amide bonds. The summed E-state index contributed by atoms with van der Waals surface area (Å²) in [6.45, 7) is 1.89. The molecule has 2 aromatic rings. The lowest BCUT2D eigenvalue weighted by atomic mass is 10.1. The van der Waals surface area contributed by atoms with E-state index in [4.69, 9.17) is 4.74 Å². The molecule has 0 saturated heterocycles. The van der Waals surface area contributed by atoms with Crippen LogP contribution in [0.4, 0.5) is 5.69 Å². The summed E-state index contributed by atoms with van der Waals surface area (Å²) >= 11 is 1.40. The number of ketones is 1. The average molecular weight is 287 g/mol. The van der Waals surface area contributed by atoms with E-state index in [2.05, 4.69) is 5.32 Å². The van der Waals surface area contributed by atoms with Gasteiger partial charge in [-0.2, -0.15) is 0 Å². The van der Waals surface area contributed by atoms with E-state index < -0.39 is 6.10 Å². The molecule has 1 aromatic carbocycles. The van der Waals surface area contributed by atoms with Crippen molar-refractivity contribution in [1.29, 1.82) is 0 Å². The van der Waals surface area contributed by atoms with Crippen LogP contribution in [0.2, 0.25) is 0 Å². The standard InChI is InChI=1S/C15H13NO3S/c1-2-11-15(18)16-10-8-9(5-6-12(10)19-11)14(17)13-4-3-7-20-13/h3-8,11H,2H2,1H3,(H,16,18). The lowest BCUT2D eigenvalue weighted by Crippen LogP contribution is -2.36. The van der Waals surface area contributed by atoms with Gasteiger partial charge < -0.3 is 10.1 Å². The summed E-state index contributed by atoms with van der Waals surface area (Å²) in [5.74, 6) is 0.398. The van der Waals surface area contributed by atoms with Gasteiger partial charge in [0.2, 0.25) is 5.78 Å². The molecule has 1 unspecified atom stereocenters. The van der Waals surface area contributed by atoms with Crippen molar-refractivity contribution in [2.75, 3.05) is 5.32 Å². The van der Waals surface area contributed by atoms with Crippen molar-refractivity contribution in [1.82, 2.24) is 0 Å². The molecule has 102 valence electrons. The van der Waals surface area contributed by atoms with Gasteiger partial charge in [-0.05, 0) is 36.1 Å². The number of carbonyl (C=O) groups is 2. The Hall–Kier alpha value is -2.14. The summed E-state index contributed by atoms with van der Waals surface area (Å²) in [5.41, 5.74) is 1.10. The first-order valence-electron chi connectivity index (χ1n) is 6.39. The summed E-state index contributed by atoms with van der Waals surface area (Å²) in [5, 5.41) is 4.65. The van der Waals surface area contributed by atoms with Crippen LogP contribution in [0.15, 0.2) is 35.7 Å². The molecular formula is C15H13NO3S. The SMILES string of the molecule is CCC1Oc2ccc(C(=O)c3cccs3)cc2NC1=O. The number of hydrogen-bond donors (Lipinski definition) is 1. The predicted molar refractivity (Wildman–Crippen MR) is 77.5 cm³/mol. The van der Waals surface area contributed by atoms with Gasteiger partial charge in [-0.3, -0.25) is 9.59 Å². The van der Waals surface area contributed by atoms with Gasteiger partial charge in [0.15, 0.2) is 6.10 Å². The smallest absolute Gasteiger partial charge is 0.265 e. The summed E-state index contributed by atoms with van der Waals surface area (Å²) in [7, 11) is 0. The van der Waals surface area contributed by atoms with Gasteiger partial charge in [0.25, 0.3) is 5.91 Å². The molecule has 0 saturated carbocycles. The largest absolute Gasteiger partial charge is 0.478 e. The second kappa shape index (κ2) is 5.09. The maximum atomic E-state index is 12.3. The Morgan fingerprint density at radius 3 is 2.95 bits per heavy atom. The molecule has 5 heteroatoms. The highest BCUT2D eigenvalue weighted by Crippen LogP contribution is 2.32. The zero-order chi connectivity index (χ0) is 14.1. The number of ether oxygens (including phenoxy) is 1. The lowest BCUT2D eigenvalue weighted by molar-refractivity contribution is -0.123. The zero-order valence-electron chi connectivity index (χ0n) is 10.9. The van der Waals surface area contributed by atoms with Gasteiger partial charge in [0, 0.05) is 5.56 Å².